The Balaban J connectivity index is 2.40. The summed E-state index contributed by atoms with van der Waals surface area (Å²) >= 11 is 0. The fourth-order valence-electron chi connectivity index (χ4n) is 3.70. The van der Waals surface area contributed by atoms with Gasteiger partial charge < -0.3 is 15.2 Å². The second-order valence-corrected chi connectivity index (χ2v) is 6.23. The van der Waals surface area contributed by atoms with Crippen LogP contribution in [0.1, 0.15) is 34.1 Å². The summed E-state index contributed by atoms with van der Waals surface area (Å²) in [7, 11) is 0. The summed E-state index contributed by atoms with van der Waals surface area (Å²) in [6.45, 7) is 9.41. The van der Waals surface area contributed by atoms with E-state index >= 15 is 0 Å². The minimum atomic E-state index is -0.709. The number of hydrogen-bond donors (Lipinski definition) is 2. The van der Waals surface area contributed by atoms with Crippen LogP contribution in [0.25, 0.3) is 0 Å². The normalized spacial score (nSPS) is 40.4. The van der Waals surface area contributed by atoms with Crippen LogP contribution in [0.4, 0.5) is 0 Å². The molecule has 0 aromatic carbocycles. The van der Waals surface area contributed by atoms with E-state index in [4.69, 9.17) is 4.74 Å². The molecule has 4 heteroatoms. The third kappa shape index (κ3) is 1.47. The fourth-order valence-corrected chi connectivity index (χ4v) is 3.70. The molecule has 2 heterocycles. The van der Waals surface area contributed by atoms with Gasteiger partial charge in [0.2, 0.25) is 0 Å². The Kier molecular flexibility index (Phi) is 2.37. The Morgan fingerprint density at radius 2 is 2.00 bits per heavy atom. The molecule has 0 aromatic rings. The lowest BCUT2D eigenvalue weighted by atomic mass is 9.65. The molecule has 0 aromatic heterocycles. The lowest BCUT2D eigenvalue weighted by Crippen LogP contribution is -2.48. The third-order valence-electron chi connectivity index (χ3n) is 4.23. The van der Waals surface area contributed by atoms with Crippen molar-refractivity contribution in [1.82, 2.24) is 5.32 Å². The summed E-state index contributed by atoms with van der Waals surface area (Å²) in [4.78, 5) is 11.4. The van der Waals surface area contributed by atoms with Gasteiger partial charge in [0.1, 0.15) is 0 Å². The second kappa shape index (κ2) is 3.20. The van der Waals surface area contributed by atoms with Crippen molar-refractivity contribution in [2.75, 3.05) is 13.1 Å². The number of ether oxygens (including phenoxy) is 1. The quantitative estimate of drug-likeness (QED) is 0.708. The molecule has 4 nitrogen and oxygen atoms in total. The summed E-state index contributed by atoms with van der Waals surface area (Å²) in [6, 6.07) is 0. The van der Waals surface area contributed by atoms with Gasteiger partial charge in [0.25, 0.3) is 0 Å². The molecular formula is C12H21NO3. The summed E-state index contributed by atoms with van der Waals surface area (Å²) in [5, 5.41) is 12.6. The van der Waals surface area contributed by atoms with Gasteiger partial charge in [0.15, 0.2) is 0 Å². The van der Waals surface area contributed by atoms with Crippen molar-refractivity contribution in [3.63, 3.8) is 0 Å². The SMILES string of the molecule is CC1(C)CC2(CNCC2C(=O)O)C(C)(C)O1. The average Bonchev–Trinajstić information content (AvgIpc) is 2.52. The van der Waals surface area contributed by atoms with Crippen molar-refractivity contribution in [3.05, 3.63) is 0 Å². The molecule has 0 aliphatic carbocycles. The van der Waals surface area contributed by atoms with Crippen molar-refractivity contribution in [1.29, 1.82) is 0 Å². The van der Waals surface area contributed by atoms with E-state index in [2.05, 4.69) is 5.32 Å². The Bertz CT molecular complexity index is 324. The summed E-state index contributed by atoms with van der Waals surface area (Å²) in [5.41, 5.74) is -0.894. The van der Waals surface area contributed by atoms with Gasteiger partial charge in [0, 0.05) is 18.5 Å². The van der Waals surface area contributed by atoms with Gasteiger partial charge in [0.05, 0.1) is 17.1 Å². The molecular weight excluding hydrogens is 206 g/mol. The van der Waals surface area contributed by atoms with Crippen LogP contribution in [0.15, 0.2) is 0 Å². The Morgan fingerprint density at radius 3 is 2.44 bits per heavy atom. The highest BCUT2D eigenvalue weighted by Gasteiger charge is 2.64. The van der Waals surface area contributed by atoms with Crippen molar-refractivity contribution >= 4 is 5.97 Å². The van der Waals surface area contributed by atoms with Crippen LogP contribution in [-0.4, -0.2) is 35.4 Å². The first kappa shape index (κ1) is 11.9. The molecule has 2 rings (SSSR count). The maximum atomic E-state index is 11.4. The monoisotopic (exact) mass is 227 g/mol. The number of carboxylic acids is 1. The maximum absolute atomic E-state index is 11.4. The van der Waals surface area contributed by atoms with Crippen LogP contribution in [0, 0.1) is 11.3 Å². The van der Waals surface area contributed by atoms with Gasteiger partial charge >= 0.3 is 5.97 Å². The van der Waals surface area contributed by atoms with E-state index in [1.54, 1.807) is 0 Å². The lowest BCUT2D eigenvalue weighted by molar-refractivity contribution is -0.151. The zero-order valence-corrected chi connectivity index (χ0v) is 10.5. The van der Waals surface area contributed by atoms with Crippen LogP contribution in [0.3, 0.4) is 0 Å². The summed E-state index contributed by atoms with van der Waals surface area (Å²) in [6.07, 6.45) is 0.803. The van der Waals surface area contributed by atoms with Gasteiger partial charge in [-0.05, 0) is 34.1 Å². The highest BCUT2D eigenvalue weighted by atomic mass is 16.5. The van der Waals surface area contributed by atoms with E-state index in [9.17, 15) is 9.90 Å². The molecule has 0 amide bonds. The molecule has 2 atom stereocenters. The van der Waals surface area contributed by atoms with E-state index in [1.807, 2.05) is 27.7 Å². The van der Waals surface area contributed by atoms with Crippen molar-refractivity contribution in [3.8, 4) is 0 Å². The van der Waals surface area contributed by atoms with Crippen molar-refractivity contribution in [2.24, 2.45) is 11.3 Å². The molecule has 0 radical (unpaired) electrons. The van der Waals surface area contributed by atoms with E-state index in [1.165, 1.54) is 0 Å². The van der Waals surface area contributed by atoms with Gasteiger partial charge in [-0.25, -0.2) is 0 Å². The predicted octanol–water partition coefficient (Wildman–Crippen LogP) is 1.25. The number of rotatable bonds is 1. The molecule has 2 fully saturated rings. The lowest BCUT2D eigenvalue weighted by Gasteiger charge is -2.38. The average molecular weight is 227 g/mol. The Morgan fingerprint density at radius 1 is 1.38 bits per heavy atom. The van der Waals surface area contributed by atoms with Crippen molar-refractivity contribution in [2.45, 2.75) is 45.3 Å². The molecule has 2 N–H and O–H groups in total. The van der Waals surface area contributed by atoms with Crippen LogP contribution in [0.5, 0.6) is 0 Å². The predicted molar refractivity (Wildman–Crippen MR) is 60.3 cm³/mol. The van der Waals surface area contributed by atoms with Crippen LogP contribution in [-0.2, 0) is 9.53 Å². The Hall–Kier alpha value is -0.610. The summed E-state index contributed by atoms with van der Waals surface area (Å²) in [5.74, 6) is -1.05. The van der Waals surface area contributed by atoms with E-state index in [0.717, 1.165) is 13.0 Å². The van der Waals surface area contributed by atoms with Crippen LogP contribution >= 0.6 is 0 Å². The first-order chi connectivity index (χ1) is 7.20. The first-order valence-electron chi connectivity index (χ1n) is 5.84. The van der Waals surface area contributed by atoms with Crippen molar-refractivity contribution < 1.29 is 14.6 Å². The molecule has 1 spiro atoms. The zero-order chi connectivity index (χ0) is 12.2. The second-order valence-electron chi connectivity index (χ2n) is 6.23. The molecule has 2 aliphatic heterocycles. The van der Waals surface area contributed by atoms with Gasteiger partial charge in [-0.3, -0.25) is 4.79 Å². The number of carbonyl (C=O) groups is 1. The molecule has 2 saturated heterocycles. The molecule has 2 aliphatic rings. The number of hydrogen-bond acceptors (Lipinski definition) is 3. The maximum Gasteiger partial charge on any atom is 0.308 e. The standard InChI is InChI=1S/C12H21NO3/c1-10(2)6-12(11(3,4)16-10)7-13-5-8(12)9(14)15/h8,13H,5-7H2,1-4H3,(H,14,15). The molecule has 92 valence electrons. The number of carboxylic acid groups (broad SMARTS) is 1. The fraction of sp³-hybridized carbons (Fsp3) is 0.917. The Labute approximate surface area is 96.4 Å². The first-order valence-corrected chi connectivity index (χ1v) is 5.84. The van der Waals surface area contributed by atoms with Crippen LogP contribution in [0.2, 0.25) is 0 Å². The molecule has 2 unspecified atom stereocenters. The minimum Gasteiger partial charge on any atom is -0.481 e. The number of aliphatic carboxylic acids is 1. The van der Waals surface area contributed by atoms with E-state index < -0.39 is 5.97 Å². The van der Waals surface area contributed by atoms with Gasteiger partial charge in [-0.2, -0.15) is 0 Å². The molecule has 0 bridgehead atoms. The van der Waals surface area contributed by atoms with Crippen LogP contribution < -0.4 is 5.32 Å². The van der Waals surface area contributed by atoms with E-state index in [-0.39, 0.29) is 22.5 Å². The largest absolute Gasteiger partial charge is 0.481 e. The number of nitrogens with one attached hydrogen (secondary N) is 1. The van der Waals surface area contributed by atoms with Gasteiger partial charge in [-0.15, -0.1) is 0 Å². The summed E-state index contributed by atoms with van der Waals surface area (Å²) < 4.78 is 6.05. The minimum absolute atomic E-state index is 0.233. The topological polar surface area (TPSA) is 58.6 Å². The third-order valence-corrected chi connectivity index (χ3v) is 4.23. The highest BCUT2D eigenvalue weighted by molar-refractivity contribution is 5.72. The smallest absolute Gasteiger partial charge is 0.308 e. The van der Waals surface area contributed by atoms with Gasteiger partial charge in [-0.1, -0.05) is 0 Å². The highest BCUT2D eigenvalue weighted by Crippen LogP contribution is 2.56. The zero-order valence-electron chi connectivity index (χ0n) is 10.5. The molecule has 16 heavy (non-hydrogen) atoms. The van der Waals surface area contributed by atoms with E-state index in [0.29, 0.717) is 6.54 Å². The molecule has 0 saturated carbocycles.